The molecular formula is C13H19N3S. The van der Waals surface area contributed by atoms with Crippen LogP contribution in [0.4, 0.5) is 0 Å². The minimum atomic E-state index is 0.619. The smallest absolute Gasteiger partial charge is 0.0711 e. The number of rotatable bonds is 4. The largest absolute Gasteiger partial charge is 0.326 e. The van der Waals surface area contributed by atoms with E-state index in [1.807, 2.05) is 11.7 Å². The van der Waals surface area contributed by atoms with Crippen LogP contribution in [0.3, 0.4) is 0 Å². The third kappa shape index (κ3) is 2.15. The molecule has 2 aromatic heterocycles. The van der Waals surface area contributed by atoms with Gasteiger partial charge in [0.1, 0.15) is 0 Å². The van der Waals surface area contributed by atoms with Crippen LogP contribution >= 0.6 is 11.3 Å². The van der Waals surface area contributed by atoms with Crippen molar-refractivity contribution in [3.05, 3.63) is 28.4 Å². The molecule has 3 nitrogen and oxygen atoms in total. The van der Waals surface area contributed by atoms with Gasteiger partial charge in [0.15, 0.2) is 0 Å². The molecule has 0 aliphatic heterocycles. The third-order valence-electron chi connectivity index (χ3n) is 3.02. The number of hydrogen-bond donors (Lipinski definition) is 1. The summed E-state index contributed by atoms with van der Waals surface area (Å²) in [5.74, 6) is 0. The first-order chi connectivity index (χ1) is 8.21. The first-order valence-corrected chi connectivity index (χ1v) is 6.86. The van der Waals surface area contributed by atoms with Crippen LogP contribution in [-0.2, 0) is 26.4 Å². The minimum absolute atomic E-state index is 0.619. The molecule has 0 bridgehead atoms. The first kappa shape index (κ1) is 12.3. The molecule has 0 fully saturated rings. The van der Waals surface area contributed by atoms with E-state index in [0.717, 1.165) is 12.8 Å². The van der Waals surface area contributed by atoms with Gasteiger partial charge in [-0.15, -0.1) is 11.3 Å². The molecule has 2 rings (SSSR count). The Kier molecular flexibility index (Phi) is 3.64. The Balaban J connectivity index is 2.55. The van der Waals surface area contributed by atoms with Crippen LogP contribution in [0.2, 0.25) is 0 Å². The Morgan fingerprint density at radius 2 is 2.06 bits per heavy atom. The van der Waals surface area contributed by atoms with Crippen molar-refractivity contribution in [1.82, 2.24) is 9.78 Å². The number of nitrogens with zero attached hydrogens (tertiary/aromatic N) is 2. The monoisotopic (exact) mass is 249 g/mol. The molecule has 0 aliphatic rings. The van der Waals surface area contributed by atoms with E-state index in [4.69, 9.17) is 5.73 Å². The molecule has 0 aromatic carbocycles. The van der Waals surface area contributed by atoms with Gasteiger partial charge in [0.25, 0.3) is 0 Å². The zero-order chi connectivity index (χ0) is 12.4. The molecule has 0 aliphatic carbocycles. The highest BCUT2D eigenvalue weighted by Crippen LogP contribution is 2.33. The molecule has 0 radical (unpaired) electrons. The summed E-state index contributed by atoms with van der Waals surface area (Å²) in [6.07, 6.45) is 1.98. The number of aromatic nitrogens is 2. The van der Waals surface area contributed by atoms with E-state index in [9.17, 15) is 0 Å². The zero-order valence-corrected chi connectivity index (χ0v) is 11.5. The molecule has 2 aromatic rings. The van der Waals surface area contributed by atoms with Crippen LogP contribution in [0.25, 0.3) is 10.4 Å². The maximum Gasteiger partial charge on any atom is 0.0711 e. The van der Waals surface area contributed by atoms with E-state index in [0.29, 0.717) is 6.54 Å². The highest BCUT2D eigenvalue weighted by Gasteiger charge is 2.16. The van der Waals surface area contributed by atoms with Gasteiger partial charge in [-0.25, -0.2) is 0 Å². The highest BCUT2D eigenvalue weighted by molar-refractivity contribution is 7.15. The third-order valence-corrected chi connectivity index (χ3v) is 4.14. The van der Waals surface area contributed by atoms with Gasteiger partial charge in [0.05, 0.1) is 5.69 Å². The second-order valence-electron chi connectivity index (χ2n) is 4.07. The van der Waals surface area contributed by atoms with Crippen molar-refractivity contribution < 1.29 is 0 Å². The van der Waals surface area contributed by atoms with Gasteiger partial charge in [-0.3, -0.25) is 4.68 Å². The van der Waals surface area contributed by atoms with Gasteiger partial charge < -0.3 is 5.73 Å². The fraction of sp³-hybridized carbons (Fsp3) is 0.462. The van der Waals surface area contributed by atoms with Crippen molar-refractivity contribution in [2.45, 2.75) is 33.2 Å². The van der Waals surface area contributed by atoms with Gasteiger partial charge >= 0.3 is 0 Å². The van der Waals surface area contributed by atoms with Crippen LogP contribution in [0.5, 0.6) is 0 Å². The SMILES string of the molecule is CCc1nn(C)c(CC)c1-c1ccc(CN)s1. The summed E-state index contributed by atoms with van der Waals surface area (Å²) in [7, 11) is 2.03. The van der Waals surface area contributed by atoms with Gasteiger partial charge in [-0.2, -0.15) is 5.10 Å². The lowest BCUT2D eigenvalue weighted by molar-refractivity contribution is 0.705. The summed E-state index contributed by atoms with van der Waals surface area (Å²) in [6.45, 7) is 4.95. The lowest BCUT2D eigenvalue weighted by Crippen LogP contribution is -1.96. The zero-order valence-electron chi connectivity index (χ0n) is 10.7. The summed E-state index contributed by atoms with van der Waals surface area (Å²) in [5.41, 5.74) is 9.50. The Bertz CT molecular complexity index is 511. The highest BCUT2D eigenvalue weighted by atomic mass is 32.1. The normalized spacial score (nSPS) is 11.1. The first-order valence-electron chi connectivity index (χ1n) is 6.05. The molecule has 0 unspecified atom stereocenters. The fourth-order valence-corrected chi connectivity index (χ4v) is 3.15. The van der Waals surface area contributed by atoms with Crippen LogP contribution in [0, 0.1) is 0 Å². The average molecular weight is 249 g/mol. The molecule has 0 saturated carbocycles. The van der Waals surface area contributed by atoms with Crippen molar-refractivity contribution >= 4 is 11.3 Å². The molecule has 17 heavy (non-hydrogen) atoms. The Morgan fingerprint density at radius 1 is 1.29 bits per heavy atom. The fourth-order valence-electron chi connectivity index (χ4n) is 2.18. The van der Waals surface area contributed by atoms with E-state index < -0.39 is 0 Å². The molecule has 2 heterocycles. The van der Waals surface area contributed by atoms with Crippen LogP contribution < -0.4 is 5.73 Å². The van der Waals surface area contributed by atoms with Crippen molar-refractivity contribution in [1.29, 1.82) is 0 Å². The topological polar surface area (TPSA) is 43.8 Å². The quantitative estimate of drug-likeness (QED) is 0.905. The van der Waals surface area contributed by atoms with E-state index in [1.54, 1.807) is 11.3 Å². The maximum atomic E-state index is 5.68. The molecular weight excluding hydrogens is 230 g/mol. The van der Waals surface area contributed by atoms with Crippen molar-refractivity contribution in [3.8, 4) is 10.4 Å². The Hall–Kier alpha value is -1.13. The van der Waals surface area contributed by atoms with Crippen LogP contribution in [0.1, 0.15) is 30.1 Å². The van der Waals surface area contributed by atoms with E-state index in [1.165, 1.54) is 26.7 Å². The molecule has 0 atom stereocenters. The number of thiophene rings is 1. The molecule has 0 saturated heterocycles. The standard InChI is InChI=1S/C13H19N3S/c1-4-10-13(11(5-2)16(3)15-10)12-7-6-9(8-14)17-12/h6-7H,4-5,8,14H2,1-3H3. The molecule has 0 amide bonds. The van der Waals surface area contributed by atoms with Gasteiger partial charge in [-0.1, -0.05) is 13.8 Å². The summed E-state index contributed by atoms with van der Waals surface area (Å²) in [4.78, 5) is 2.53. The average Bonchev–Trinajstić information content (AvgIpc) is 2.92. The summed E-state index contributed by atoms with van der Waals surface area (Å²) < 4.78 is 2.01. The van der Waals surface area contributed by atoms with Crippen molar-refractivity contribution in [3.63, 3.8) is 0 Å². The van der Waals surface area contributed by atoms with E-state index in [2.05, 4.69) is 31.1 Å². The van der Waals surface area contributed by atoms with Gasteiger partial charge in [-0.05, 0) is 25.0 Å². The summed E-state index contributed by atoms with van der Waals surface area (Å²) in [5, 5.41) is 4.60. The number of aryl methyl sites for hydroxylation is 2. The number of hydrogen-bond acceptors (Lipinski definition) is 3. The van der Waals surface area contributed by atoms with E-state index >= 15 is 0 Å². The Labute approximate surface area is 106 Å². The molecule has 2 N–H and O–H groups in total. The summed E-state index contributed by atoms with van der Waals surface area (Å²) in [6, 6.07) is 4.29. The van der Waals surface area contributed by atoms with Crippen LogP contribution in [-0.4, -0.2) is 9.78 Å². The van der Waals surface area contributed by atoms with Gasteiger partial charge in [0.2, 0.25) is 0 Å². The lowest BCUT2D eigenvalue weighted by Gasteiger charge is -2.02. The molecule has 4 heteroatoms. The Morgan fingerprint density at radius 3 is 2.59 bits per heavy atom. The predicted octanol–water partition coefficient (Wildman–Crippen LogP) is 2.73. The molecule has 0 spiro atoms. The summed E-state index contributed by atoms with van der Waals surface area (Å²) >= 11 is 1.78. The maximum absolute atomic E-state index is 5.68. The second kappa shape index (κ2) is 5.02. The lowest BCUT2D eigenvalue weighted by atomic mass is 10.1. The van der Waals surface area contributed by atoms with Crippen LogP contribution in [0.15, 0.2) is 12.1 Å². The molecule has 92 valence electrons. The van der Waals surface area contributed by atoms with E-state index in [-0.39, 0.29) is 0 Å². The van der Waals surface area contributed by atoms with Crippen molar-refractivity contribution in [2.24, 2.45) is 12.8 Å². The number of nitrogens with two attached hydrogens (primary N) is 1. The second-order valence-corrected chi connectivity index (χ2v) is 5.24. The van der Waals surface area contributed by atoms with Gasteiger partial charge in [0, 0.05) is 34.6 Å². The predicted molar refractivity (Wildman–Crippen MR) is 73.2 cm³/mol. The minimum Gasteiger partial charge on any atom is -0.326 e. The van der Waals surface area contributed by atoms with Crippen molar-refractivity contribution in [2.75, 3.05) is 0 Å².